The molecule has 0 aliphatic heterocycles. The van der Waals surface area contributed by atoms with Gasteiger partial charge >= 0.3 is 0 Å². The van der Waals surface area contributed by atoms with Crippen molar-refractivity contribution in [2.24, 2.45) is 0 Å². The summed E-state index contributed by atoms with van der Waals surface area (Å²) in [7, 11) is 3.49. The normalized spacial score (nSPS) is 14.0. The van der Waals surface area contributed by atoms with Crippen molar-refractivity contribution >= 4 is 11.6 Å². The molecule has 1 aromatic carbocycles. The summed E-state index contributed by atoms with van der Waals surface area (Å²) >= 11 is 6.18. The van der Waals surface area contributed by atoms with Crippen molar-refractivity contribution in [2.45, 2.75) is 19.1 Å². The van der Waals surface area contributed by atoms with Gasteiger partial charge in [0.15, 0.2) is 0 Å². The summed E-state index contributed by atoms with van der Waals surface area (Å²) in [5.74, 6) is 0.555. The van der Waals surface area contributed by atoms with Gasteiger partial charge in [-0.3, -0.25) is 0 Å². The highest BCUT2D eigenvalue weighted by Crippen LogP contribution is 2.27. The molecular weight excluding hydrogens is 294 g/mol. The smallest absolute Gasteiger partial charge is 0.138 e. The molecule has 2 atom stereocenters. The maximum Gasteiger partial charge on any atom is 0.138 e. The van der Waals surface area contributed by atoms with Crippen molar-refractivity contribution < 1.29 is 19.3 Å². The van der Waals surface area contributed by atoms with Crippen LogP contribution in [0.3, 0.4) is 0 Å². The lowest BCUT2D eigenvalue weighted by Gasteiger charge is -2.15. The van der Waals surface area contributed by atoms with Gasteiger partial charge in [-0.1, -0.05) is 17.7 Å². The molecule has 1 rings (SSSR count). The summed E-state index contributed by atoms with van der Waals surface area (Å²) in [5, 5.41) is 13.4. The number of hydrogen-bond acceptors (Lipinski definition) is 5. The zero-order valence-corrected chi connectivity index (χ0v) is 13.5. The minimum Gasteiger partial charge on any atom is -0.489 e. The first kappa shape index (κ1) is 18.2. The second kappa shape index (κ2) is 9.97. The predicted molar refractivity (Wildman–Crippen MR) is 83.1 cm³/mol. The van der Waals surface area contributed by atoms with Gasteiger partial charge in [0.1, 0.15) is 18.5 Å². The number of methoxy groups -OCH3 is 1. The van der Waals surface area contributed by atoms with Crippen LogP contribution in [-0.4, -0.2) is 51.8 Å². The number of aliphatic hydroxyl groups excluding tert-OH is 1. The Bertz CT molecular complexity index is 417. The van der Waals surface area contributed by atoms with Crippen LogP contribution in [0.1, 0.15) is 18.5 Å². The maximum absolute atomic E-state index is 9.74. The lowest BCUT2D eigenvalue weighted by molar-refractivity contribution is -0.00418. The predicted octanol–water partition coefficient (Wildman–Crippen LogP) is 2.02. The van der Waals surface area contributed by atoms with Crippen LogP contribution in [0.2, 0.25) is 5.02 Å². The Kier molecular flexibility index (Phi) is 8.64. The summed E-state index contributed by atoms with van der Waals surface area (Å²) in [4.78, 5) is 0. The van der Waals surface area contributed by atoms with Gasteiger partial charge in [0.2, 0.25) is 0 Å². The van der Waals surface area contributed by atoms with Crippen LogP contribution >= 0.6 is 11.6 Å². The molecule has 0 bridgehead atoms. The topological polar surface area (TPSA) is 60.0 Å². The van der Waals surface area contributed by atoms with E-state index in [1.54, 1.807) is 7.11 Å². The minimum atomic E-state index is -0.700. The number of benzene rings is 1. The van der Waals surface area contributed by atoms with Crippen molar-refractivity contribution in [2.75, 3.05) is 40.6 Å². The highest BCUT2D eigenvalue weighted by molar-refractivity contribution is 6.32. The van der Waals surface area contributed by atoms with Crippen molar-refractivity contribution in [3.05, 3.63) is 28.8 Å². The SMILES string of the molecule is CNC(C)c1ccc(OCC(O)COCCOC)c(Cl)c1. The van der Waals surface area contributed by atoms with E-state index in [2.05, 4.69) is 5.32 Å². The van der Waals surface area contributed by atoms with Gasteiger partial charge in [-0.05, 0) is 31.7 Å². The Morgan fingerprint density at radius 2 is 2.05 bits per heavy atom. The molecule has 0 heterocycles. The van der Waals surface area contributed by atoms with Gasteiger partial charge in [0, 0.05) is 13.2 Å². The summed E-state index contributed by atoms with van der Waals surface area (Å²) < 4.78 is 15.6. The molecule has 0 amide bonds. The van der Waals surface area contributed by atoms with E-state index in [9.17, 15) is 5.11 Å². The number of ether oxygens (including phenoxy) is 3. The van der Waals surface area contributed by atoms with Gasteiger partial charge in [-0.15, -0.1) is 0 Å². The zero-order valence-electron chi connectivity index (χ0n) is 12.8. The number of rotatable bonds is 10. The molecule has 0 aliphatic rings. The summed E-state index contributed by atoms with van der Waals surface area (Å²) in [6, 6.07) is 5.84. The van der Waals surface area contributed by atoms with E-state index in [-0.39, 0.29) is 19.3 Å². The highest BCUT2D eigenvalue weighted by atomic mass is 35.5. The third-order valence-electron chi connectivity index (χ3n) is 3.06. The molecule has 0 fully saturated rings. The molecule has 0 saturated carbocycles. The quantitative estimate of drug-likeness (QED) is 0.647. The molecule has 1 aromatic rings. The second-order valence-corrected chi connectivity index (χ2v) is 5.14. The molecule has 2 N–H and O–H groups in total. The average Bonchev–Trinajstić information content (AvgIpc) is 2.49. The molecule has 0 saturated heterocycles. The molecule has 2 unspecified atom stereocenters. The summed E-state index contributed by atoms with van der Waals surface area (Å²) in [6.07, 6.45) is -0.700. The van der Waals surface area contributed by atoms with Crippen LogP contribution in [-0.2, 0) is 9.47 Å². The van der Waals surface area contributed by atoms with Crippen LogP contribution in [0.5, 0.6) is 5.75 Å². The fourth-order valence-corrected chi connectivity index (χ4v) is 1.91. The summed E-state index contributed by atoms with van der Waals surface area (Å²) in [5.41, 5.74) is 1.08. The van der Waals surface area contributed by atoms with Crippen LogP contribution in [0.4, 0.5) is 0 Å². The third kappa shape index (κ3) is 6.63. The molecule has 0 aliphatic carbocycles. The Morgan fingerprint density at radius 3 is 2.67 bits per heavy atom. The first-order chi connectivity index (χ1) is 10.1. The number of nitrogens with one attached hydrogen (secondary N) is 1. The Labute approximate surface area is 131 Å². The van der Waals surface area contributed by atoms with Gasteiger partial charge in [-0.25, -0.2) is 0 Å². The van der Waals surface area contributed by atoms with Gasteiger partial charge in [-0.2, -0.15) is 0 Å². The fourth-order valence-electron chi connectivity index (χ4n) is 1.67. The van der Waals surface area contributed by atoms with E-state index in [0.717, 1.165) is 5.56 Å². The molecule has 0 aromatic heterocycles. The lowest BCUT2D eigenvalue weighted by atomic mass is 10.1. The van der Waals surface area contributed by atoms with E-state index in [4.69, 9.17) is 25.8 Å². The molecule has 120 valence electrons. The first-order valence-corrected chi connectivity index (χ1v) is 7.30. The molecule has 21 heavy (non-hydrogen) atoms. The van der Waals surface area contributed by atoms with Gasteiger partial charge < -0.3 is 24.6 Å². The van der Waals surface area contributed by atoms with Crippen LogP contribution in [0, 0.1) is 0 Å². The maximum atomic E-state index is 9.74. The average molecular weight is 318 g/mol. The standard InChI is InChI=1S/C15H24ClNO4/c1-11(17-2)12-4-5-15(14(16)8-12)21-10-13(18)9-20-7-6-19-3/h4-5,8,11,13,17-18H,6-7,9-10H2,1-3H3. The first-order valence-electron chi connectivity index (χ1n) is 6.92. The number of hydrogen-bond donors (Lipinski definition) is 2. The molecule has 5 nitrogen and oxygen atoms in total. The van der Waals surface area contributed by atoms with E-state index in [1.165, 1.54) is 0 Å². The Balaban J connectivity index is 2.41. The van der Waals surface area contributed by atoms with E-state index in [1.807, 2.05) is 32.2 Å². The number of halogens is 1. The molecule has 6 heteroatoms. The minimum absolute atomic E-state index is 0.133. The zero-order chi connectivity index (χ0) is 15.7. The van der Waals surface area contributed by atoms with Crippen molar-refractivity contribution in [1.29, 1.82) is 0 Å². The van der Waals surface area contributed by atoms with Crippen molar-refractivity contribution in [3.8, 4) is 5.75 Å². The van der Waals surface area contributed by atoms with Crippen LogP contribution in [0.15, 0.2) is 18.2 Å². The Morgan fingerprint density at radius 1 is 1.29 bits per heavy atom. The van der Waals surface area contributed by atoms with Crippen LogP contribution in [0.25, 0.3) is 0 Å². The van der Waals surface area contributed by atoms with Crippen LogP contribution < -0.4 is 10.1 Å². The highest BCUT2D eigenvalue weighted by Gasteiger charge is 2.10. The number of aliphatic hydroxyl groups is 1. The molecule has 0 spiro atoms. The molecule has 0 radical (unpaired) electrons. The van der Waals surface area contributed by atoms with E-state index >= 15 is 0 Å². The van der Waals surface area contributed by atoms with Gasteiger partial charge in [0.25, 0.3) is 0 Å². The van der Waals surface area contributed by atoms with E-state index in [0.29, 0.717) is 24.0 Å². The van der Waals surface area contributed by atoms with Crippen molar-refractivity contribution in [3.63, 3.8) is 0 Å². The third-order valence-corrected chi connectivity index (χ3v) is 3.36. The van der Waals surface area contributed by atoms with E-state index < -0.39 is 6.10 Å². The second-order valence-electron chi connectivity index (χ2n) is 4.73. The fraction of sp³-hybridized carbons (Fsp3) is 0.600. The van der Waals surface area contributed by atoms with Gasteiger partial charge in [0.05, 0.1) is 24.8 Å². The largest absolute Gasteiger partial charge is 0.489 e. The molecular formula is C15H24ClNO4. The van der Waals surface area contributed by atoms with Crippen molar-refractivity contribution in [1.82, 2.24) is 5.32 Å². The monoisotopic (exact) mass is 317 g/mol. The lowest BCUT2D eigenvalue weighted by Crippen LogP contribution is -2.24. The Hall–Kier alpha value is -0.850. The summed E-state index contributed by atoms with van der Waals surface area (Å²) in [6.45, 7) is 3.34.